The van der Waals surface area contributed by atoms with Crippen LogP contribution in [0.4, 0.5) is 4.79 Å². The topological polar surface area (TPSA) is 67.6 Å². The van der Waals surface area contributed by atoms with Crippen LogP contribution in [-0.2, 0) is 11.8 Å². The molecule has 1 aliphatic rings. The summed E-state index contributed by atoms with van der Waals surface area (Å²) in [5, 5.41) is 5.13. The summed E-state index contributed by atoms with van der Waals surface area (Å²) < 4.78 is 2.11. The molecule has 1 aliphatic heterocycles. The molecule has 122 valence electrons. The number of carbonyl (C=O) groups excluding carboxylic acids is 2. The van der Waals surface area contributed by atoms with E-state index in [4.69, 9.17) is 0 Å². The molecule has 0 bridgehead atoms. The number of urea groups is 1. The molecule has 0 saturated carbocycles. The van der Waals surface area contributed by atoms with E-state index in [1.54, 1.807) is 0 Å². The molecule has 6 nitrogen and oxygen atoms in total. The SMILES string of the molecule is CC(C)CNC(=O)NC(=O)C[NH+]1CCC[C@H]1c1cccn1C. The molecular formula is C16H27N4O2+. The molecule has 6 heteroatoms. The number of likely N-dealkylation sites (tertiary alicyclic amines) is 1. The minimum absolute atomic E-state index is 0.211. The number of imide groups is 1. The number of aryl methyl sites for hydroxylation is 1. The first-order chi connectivity index (χ1) is 10.5. The van der Waals surface area contributed by atoms with Crippen LogP contribution >= 0.6 is 0 Å². The maximum atomic E-state index is 12.1. The second kappa shape index (κ2) is 7.45. The van der Waals surface area contributed by atoms with Crippen LogP contribution < -0.4 is 15.5 Å². The van der Waals surface area contributed by atoms with Gasteiger partial charge in [0.25, 0.3) is 5.91 Å². The Morgan fingerprint density at radius 3 is 2.86 bits per heavy atom. The highest BCUT2D eigenvalue weighted by Gasteiger charge is 2.33. The zero-order chi connectivity index (χ0) is 16.1. The molecule has 0 radical (unpaired) electrons. The van der Waals surface area contributed by atoms with Crippen molar-refractivity contribution < 1.29 is 14.5 Å². The highest BCUT2D eigenvalue weighted by Crippen LogP contribution is 2.18. The number of hydrogen-bond donors (Lipinski definition) is 3. The molecule has 0 aromatic carbocycles. The third-order valence-electron chi connectivity index (χ3n) is 4.14. The first-order valence-electron chi connectivity index (χ1n) is 8.01. The molecule has 0 aliphatic carbocycles. The summed E-state index contributed by atoms with van der Waals surface area (Å²) in [7, 11) is 2.03. The number of quaternary nitrogens is 1. The number of carbonyl (C=O) groups is 2. The van der Waals surface area contributed by atoms with Crippen LogP contribution in [0.25, 0.3) is 0 Å². The average molecular weight is 307 g/mol. The maximum Gasteiger partial charge on any atom is 0.321 e. The molecule has 1 aromatic heterocycles. The van der Waals surface area contributed by atoms with E-state index in [2.05, 4.69) is 21.3 Å². The summed E-state index contributed by atoms with van der Waals surface area (Å²) in [4.78, 5) is 24.9. The lowest BCUT2D eigenvalue weighted by Crippen LogP contribution is -3.11. The number of hydrogen-bond acceptors (Lipinski definition) is 2. The van der Waals surface area contributed by atoms with Crippen molar-refractivity contribution in [2.24, 2.45) is 13.0 Å². The van der Waals surface area contributed by atoms with Crippen molar-refractivity contribution in [3.8, 4) is 0 Å². The van der Waals surface area contributed by atoms with Crippen molar-refractivity contribution in [1.82, 2.24) is 15.2 Å². The molecule has 3 amide bonds. The fraction of sp³-hybridized carbons (Fsp3) is 0.625. The number of rotatable bonds is 5. The van der Waals surface area contributed by atoms with Crippen LogP contribution in [0.5, 0.6) is 0 Å². The van der Waals surface area contributed by atoms with E-state index < -0.39 is 6.03 Å². The van der Waals surface area contributed by atoms with Gasteiger partial charge in [-0.2, -0.15) is 0 Å². The summed E-state index contributed by atoms with van der Waals surface area (Å²) in [6.45, 7) is 5.91. The summed E-state index contributed by atoms with van der Waals surface area (Å²) in [5.41, 5.74) is 1.25. The van der Waals surface area contributed by atoms with Crippen molar-refractivity contribution in [2.45, 2.75) is 32.7 Å². The summed E-state index contributed by atoms with van der Waals surface area (Å²) in [5.74, 6) is 0.157. The van der Waals surface area contributed by atoms with E-state index in [0.717, 1.165) is 19.4 Å². The van der Waals surface area contributed by atoms with Gasteiger partial charge in [-0.3, -0.25) is 10.1 Å². The fourth-order valence-electron chi connectivity index (χ4n) is 3.03. The second-order valence-corrected chi connectivity index (χ2v) is 6.48. The van der Waals surface area contributed by atoms with Crippen molar-refractivity contribution in [2.75, 3.05) is 19.6 Å². The molecule has 2 heterocycles. The van der Waals surface area contributed by atoms with Gasteiger partial charge in [0, 0.05) is 32.6 Å². The molecule has 22 heavy (non-hydrogen) atoms. The Labute approximate surface area is 131 Å². The average Bonchev–Trinajstić information content (AvgIpc) is 3.05. The molecule has 1 unspecified atom stereocenters. The second-order valence-electron chi connectivity index (χ2n) is 6.48. The Hall–Kier alpha value is -1.82. The van der Waals surface area contributed by atoms with Crippen molar-refractivity contribution in [3.63, 3.8) is 0 Å². The Balaban J connectivity index is 1.85. The standard InChI is InChI=1S/C16H26N4O2/c1-12(2)10-17-16(22)18-15(21)11-20-9-5-7-14(20)13-6-4-8-19(13)3/h4,6,8,12,14H,5,7,9-11H2,1-3H3,(H2,17,18,21,22)/p+1/t14-/m0/s1. The van der Waals surface area contributed by atoms with Gasteiger partial charge in [0.1, 0.15) is 6.04 Å². The van der Waals surface area contributed by atoms with Crippen LogP contribution in [0.2, 0.25) is 0 Å². The monoisotopic (exact) mass is 307 g/mol. The van der Waals surface area contributed by atoms with Gasteiger partial charge < -0.3 is 14.8 Å². The van der Waals surface area contributed by atoms with Gasteiger partial charge in [-0.05, 0) is 18.1 Å². The fourth-order valence-corrected chi connectivity index (χ4v) is 3.03. The maximum absolute atomic E-state index is 12.1. The zero-order valence-electron chi connectivity index (χ0n) is 13.7. The number of nitrogens with zero attached hydrogens (tertiary/aromatic N) is 1. The van der Waals surface area contributed by atoms with Gasteiger partial charge in [-0.25, -0.2) is 4.79 Å². The largest absolute Gasteiger partial charge is 0.350 e. The van der Waals surface area contributed by atoms with Gasteiger partial charge in [-0.15, -0.1) is 0 Å². The van der Waals surface area contributed by atoms with Crippen LogP contribution in [0, 0.1) is 5.92 Å². The summed E-state index contributed by atoms with van der Waals surface area (Å²) in [6, 6.07) is 4.09. The van der Waals surface area contributed by atoms with E-state index >= 15 is 0 Å². The predicted octanol–water partition coefficient (Wildman–Crippen LogP) is 0.227. The van der Waals surface area contributed by atoms with Crippen LogP contribution in [0.1, 0.15) is 38.4 Å². The molecule has 2 atom stereocenters. The molecular weight excluding hydrogens is 280 g/mol. The lowest BCUT2D eigenvalue weighted by Gasteiger charge is -2.21. The lowest BCUT2D eigenvalue weighted by molar-refractivity contribution is -0.911. The van der Waals surface area contributed by atoms with Gasteiger partial charge in [0.2, 0.25) is 0 Å². The molecule has 1 fully saturated rings. The lowest BCUT2D eigenvalue weighted by atomic mass is 10.1. The molecule has 0 spiro atoms. The Kier molecular flexibility index (Phi) is 5.60. The molecule has 3 N–H and O–H groups in total. The van der Waals surface area contributed by atoms with Crippen LogP contribution in [0.15, 0.2) is 18.3 Å². The smallest absolute Gasteiger partial charge is 0.321 e. The van der Waals surface area contributed by atoms with Gasteiger partial charge in [0.05, 0.1) is 12.2 Å². The normalized spacial score (nSPS) is 21.1. The number of nitrogens with one attached hydrogen (secondary N) is 3. The highest BCUT2D eigenvalue weighted by molar-refractivity contribution is 5.94. The van der Waals surface area contributed by atoms with E-state index in [0.29, 0.717) is 25.0 Å². The number of aromatic nitrogens is 1. The third kappa shape index (κ3) is 4.34. The van der Waals surface area contributed by atoms with Crippen molar-refractivity contribution >= 4 is 11.9 Å². The third-order valence-corrected chi connectivity index (χ3v) is 4.14. The van der Waals surface area contributed by atoms with E-state index in [1.165, 1.54) is 10.6 Å². The van der Waals surface area contributed by atoms with Crippen LogP contribution in [-0.4, -0.2) is 36.1 Å². The van der Waals surface area contributed by atoms with Gasteiger partial charge in [-0.1, -0.05) is 13.8 Å². The molecule has 1 aromatic rings. The first-order valence-corrected chi connectivity index (χ1v) is 8.01. The van der Waals surface area contributed by atoms with Crippen molar-refractivity contribution in [3.05, 3.63) is 24.0 Å². The number of amides is 3. The van der Waals surface area contributed by atoms with E-state index in [1.807, 2.05) is 33.2 Å². The van der Waals surface area contributed by atoms with Gasteiger partial charge in [0.15, 0.2) is 6.54 Å². The summed E-state index contributed by atoms with van der Waals surface area (Å²) >= 11 is 0. The minimum Gasteiger partial charge on any atom is -0.350 e. The Morgan fingerprint density at radius 2 is 2.23 bits per heavy atom. The Bertz CT molecular complexity index is 524. The predicted molar refractivity (Wildman–Crippen MR) is 84.5 cm³/mol. The first kappa shape index (κ1) is 16.5. The summed E-state index contributed by atoms with van der Waals surface area (Å²) in [6.07, 6.45) is 4.22. The zero-order valence-corrected chi connectivity index (χ0v) is 13.7. The quantitative estimate of drug-likeness (QED) is 0.729. The minimum atomic E-state index is -0.396. The van der Waals surface area contributed by atoms with E-state index in [-0.39, 0.29) is 5.91 Å². The molecule has 1 saturated heterocycles. The highest BCUT2D eigenvalue weighted by atomic mass is 16.2. The van der Waals surface area contributed by atoms with E-state index in [9.17, 15) is 9.59 Å². The van der Waals surface area contributed by atoms with Crippen molar-refractivity contribution in [1.29, 1.82) is 0 Å². The molecule has 2 rings (SSSR count). The van der Waals surface area contributed by atoms with Gasteiger partial charge >= 0.3 is 6.03 Å². The Morgan fingerprint density at radius 1 is 1.45 bits per heavy atom. The van der Waals surface area contributed by atoms with Crippen LogP contribution in [0.3, 0.4) is 0 Å².